The van der Waals surface area contributed by atoms with Crippen LogP contribution in [0.4, 0.5) is 5.69 Å². The summed E-state index contributed by atoms with van der Waals surface area (Å²) in [6.07, 6.45) is 5.24. The van der Waals surface area contributed by atoms with Crippen LogP contribution in [0.5, 0.6) is 0 Å². The number of benzene rings is 1. The smallest absolute Gasteiger partial charge is 0.190 e. The van der Waals surface area contributed by atoms with Gasteiger partial charge >= 0.3 is 0 Å². The maximum absolute atomic E-state index is 5.58. The van der Waals surface area contributed by atoms with Crippen molar-refractivity contribution in [2.24, 2.45) is 4.99 Å². The first kappa shape index (κ1) is 13.6. The largest absolute Gasteiger partial charge is 0.463 e. The van der Waals surface area contributed by atoms with E-state index in [1.54, 1.807) is 17.6 Å². The van der Waals surface area contributed by atoms with Crippen molar-refractivity contribution in [3.63, 3.8) is 0 Å². The van der Waals surface area contributed by atoms with Crippen molar-refractivity contribution in [1.82, 2.24) is 4.57 Å². The average molecular weight is 310 g/mol. The summed E-state index contributed by atoms with van der Waals surface area (Å²) in [7, 11) is 0. The third-order valence-corrected chi connectivity index (χ3v) is 4.84. The summed E-state index contributed by atoms with van der Waals surface area (Å²) in [6, 6.07) is 13.0. The van der Waals surface area contributed by atoms with Crippen molar-refractivity contribution in [2.45, 2.75) is 32.2 Å². The maximum Gasteiger partial charge on any atom is 0.190 e. The van der Waals surface area contributed by atoms with Crippen LogP contribution >= 0.6 is 11.3 Å². The van der Waals surface area contributed by atoms with Crippen LogP contribution in [-0.4, -0.2) is 4.57 Å². The molecule has 3 nitrogen and oxygen atoms in total. The lowest BCUT2D eigenvalue weighted by Crippen LogP contribution is -2.14. The first-order valence-corrected chi connectivity index (χ1v) is 8.60. The second kappa shape index (κ2) is 5.61. The molecule has 0 spiro atoms. The molecule has 1 fully saturated rings. The van der Waals surface area contributed by atoms with Crippen molar-refractivity contribution in [1.29, 1.82) is 0 Å². The first-order valence-electron chi connectivity index (χ1n) is 7.72. The van der Waals surface area contributed by atoms with E-state index in [1.807, 2.05) is 12.1 Å². The highest BCUT2D eigenvalue weighted by molar-refractivity contribution is 7.07. The highest BCUT2D eigenvalue weighted by atomic mass is 32.1. The number of rotatable bonds is 4. The van der Waals surface area contributed by atoms with Crippen molar-refractivity contribution in [3.8, 4) is 11.5 Å². The zero-order chi connectivity index (χ0) is 14.9. The number of aromatic nitrogens is 1. The number of hydrogen-bond donors (Lipinski definition) is 0. The minimum atomic E-state index is 0.569. The molecule has 0 aliphatic heterocycles. The maximum atomic E-state index is 5.58. The number of thiazole rings is 1. The highest BCUT2D eigenvalue weighted by Crippen LogP contribution is 2.38. The topological polar surface area (TPSA) is 30.4 Å². The van der Waals surface area contributed by atoms with E-state index in [1.165, 1.54) is 18.4 Å². The van der Waals surface area contributed by atoms with E-state index >= 15 is 0 Å². The van der Waals surface area contributed by atoms with Gasteiger partial charge in [0.05, 0.1) is 17.6 Å². The predicted molar refractivity (Wildman–Crippen MR) is 89.3 cm³/mol. The Labute approximate surface area is 133 Å². The molecule has 1 saturated carbocycles. The van der Waals surface area contributed by atoms with E-state index in [-0.39, 0.29) is 0 Å². The van der Waals surface area contributed by atoms with Gasteiger partial charge in [-0.25, -0.2) is 4.99 Å². The summed E-state index contributed by atoms with van der Waals surface area (Å²) < 4.78 is 7.91. The number of aryl methyl sites for hydroxylation is 1. The van der Waals surface area contributed by atoms with Crippen molar-refractivity contribution in [3.05, 3.63) is 58.4 Å². The molecule has 0 amide bonds. The molecule has 1 aliphatic carbocycles. The SMILES string of the molecule is CCc1ccc(N=c2scc(-c3ccco3)n2C2CC2)cc1. The van der Waals surface area contributed by atoms with Crippen LogP contribution in [-0.2, 0) is 6.42 Å². The highest BCUT2D eigenvalue weighted by Gasteiger charge is 2.28. The molecule has 0 N–H and O–H groups in total. The van der Waals surface area contributed by atoms with Crippen molar-refractivity contribution in [2.75, 3.05) is 0 Å². The molecule has 0 unspecified atom stereocenters. The summed E-state index contributed by atoms with van der Waals surface area (Å²) in [5.41, 5.74) is 3.50. The molecule has 1 aliphatic rings. The molecule has 3 aromatic rings. The minimum absolute atomic E-state index is 0.569. The molecule has 0 radical (unpaired) electrons. The molecular weight excluding hydrogens is 292 g/mol. The van der Waals surface area contributed by atoms with Gasteiger partial charge in [0.15, 0.2) is 10.6 Å². The summed E-state index contributed by atoms with van der Waals surface area (Å²) in [5, 5.41) is 2.15. The van der Waals surface area contributed by atoms with Gasteiger partial charge in [-0.1, -0.05) is 19.1 Å². The van der Waals surface area contributed by atoms with Crippen LogP contribution < -0.4 is 4.80 Å². The van der Waals surface area contributed by atoms with Crippen LogP contribution in [0, 0.1) is 0 Å². The van der Waals surface area contributed by atoms with Gasteiger partial charge in [-0.15, -0.1) is 11.3 Å². The fourth-order valence-corrected chi connectivity index (χ4v) is 3.57. The van der Waals surface area contributed by atoms with E-state index < -0.39 is 0 Å². The minimum Gasteiger partial charge on any atom is -0.463 e. The Balaban J connectivity index is 1.79. The van der Waals surface area contributed by atoms with E-state index in [2.05, 4.69) is 41.1 Å². The molecule has 0 bridgehead atoms. The number of hydrogen-bond acceptors (Lipinski definition) is 3. The van der Waals surface area contributed by atoms with Crippen LogP contribution in [0.3, 0.4) is 0 Å². The monoisotopic (exact) mass is 310 g/mol. The lowest BCUT2D eigenvalue weighted by molar-refractivity contribution is 0.570. The fourth-order valence-electron chi connectivity index (χ4n) is 2.61. The molecular formula is C18H18N2OS. The van der Waals surface area contributed by atoms with Gasteiger partial charge in [-0.05, 0) is 49.1 Å². The van der Waals surface area contributed by atoms with Gasteiger partial charge in [0.2, 0.25) is 0 Å². The van der Waals surface area contributed by atoms with Gasteiger partial charge in [0, 0.05) is 11.4 Å². The van der Waals surface area contributed by atoms with E-state index in [0.29, 0.717) is 6.04 Å². The number of furan rings is 1. The summed E-state index contributed by atoms with van der Waals surface area (Å²) in [5.74, 6) is 0.922. The molecule has 2 aromatic heterocycles. The summed E-state index contributed by atoms with van der Waals surface area (Å²) in [6.45, 7) is 2.17. The Bertz CT molecular complexity index is 821. The van der Waals surface area contributed by atoms with E-state index in [0.717, 1.165) is 28.4 Å². The summed E-state index contributed by atoms with van der Waals surface area (Å²) in [4.78, 5) is 5.90. The Morgan fingerprint density at radius 3 is 2.68 bits per heavy atom. The van der Waals surface area contributed by atoms with Gasteiger partial charge < -0.3 is 8.98 Å². The molecule has 0 saturated heterocycles. The third kappa shape index (κ3) is 2.55. The zero-order valence-electron chi connectivity index (χ0n) is 12.5. The van der Waals surface area contributed by atoms with Crippen molar-refractivity contribution < 1.29 is 4.42 Å². The van der Waals surface area contributed by atoms with Gasteiger partial charge in [-0.3, -0.25) is 0 Å². The lowest BCUT2D eigenvalue weighted by Gasteiger charge is -2.05. The van der Waals surface area contributed by atoms with Crippen LogP contribution in [0.2, 0.25) is 0 Å². The second-order valence-electron chi connectivity index (χ2n) is 5.61. The Morgan fingerprint density at radius 1 is 1.23 bits per heavy atom. The molecule has 112 valence electrons. The van der Waals surface area contributed by atoms with Gasteiger partial charge in [0.1, 0.15) is 0 Å². The zero-order valence-corrected chi connectivity index (χ0v) is 13.3. The molecule has 4 heteroatoms. The second-order valence-corrected chi connectivity index (χ2v) is 6.45. The molecule has 4 rings (SSSR count). The van der Waals surface area contributed by atoms with Crippen LogP contribution in [0.15, 0.2) is 57.5 Å². The third-order valence-electron chi connectivity index (χ3n) is 4.00. The molecule has 2 heterocycles. The fraction of sp³-hybridized carbons (Fsp3) is 0.278. The lowest BCUT2D eigenvalue weighted by atomic mass is 10.2. The predicted octanol–water partition coefficient (Wildman–Crippen LogP) is 4.94. The Kier molecular flexibility index (Phi) is 3.47. The standard InChI is InChI=1S/C18H18N2OS/c1-2-13-5-7-14(8-6-13)19-18-20(15-9-10-15)16(12-22-18)17-4-3-11-21-17/h3-8,11-12,15H,2,9-10H2,1H3. The normalized spacial score (nSPS) is 15.4. The molecule has 22 heavy (non-hydrogen) atoms. The van der Waals surface area contributed by atoms with Crippen LogP contribution in [0.1, 0.15) is 31.4 Å². The van der Waals surface area contributed by atoms with E-state index in [4.69, 9.17) is 9.41 Å². The average Bonchev–Trinajstić information content (AvgIpc) is 3.08. The van der Waals surface area contributed by atoms with Crippen LogP contribution in [0.25, 0.3) is 11.5 Å². The number of nitrogens with zero attached hydrogens (tertiary/aromatic N) is 2. The summed E-state index contributed by atoms with van der Waals surface area (Å²) >= 11 is 1.68. The van der Waals surface area contributed by atoms with E-state index in [9.17, 15) is 0 Å². The van der Waals surface area contributed by atoms with Gasteiger partial charge in [-0.2, -0.15) is 0 Å². The molecule has 1 aromatic carbocycles. The quantitative estimate of drug-likeness (QED) is 0.671. The van der Waals surface area contributed by atoms with Gasteiger partial charge in [0.25, 0.3) is 0 Å². The Hall–Kier alpha value is -2.07. The first-order chi connectivity index (χ1) is 10.8. The van der Waals surface area contributed by atoms with Crippen molar-refractivity contribution >= 4 is 17.0 Å². The Morgan fingerprint density at radius 2 is 2.05 bits per heavy atom. The molecule has 0 atom stereocenters.